The van der Waals surface area contributed by atoms with Crippen LogP contribution in [0.3, 0.4) is 0 Å². The maximum atomic E-state index is 12.1. The van der Waals surface area contributed by atoms with Crippen molar-refractivity contribution in [2.45, 2.75) is 5.75 Å². The Labute approximate surface area is 142 Å². The number of carbonyl (C=O) groups is 2. The van der Waals surface area contributed by atoms with Crippen molar-refractivity contribution < 1.29 is 18.5 Å². The molecule has 2 aromatic rings. The highest BCUT2D eigenvalue weighted by molar-refractivity contribution is 7.84. The van der Waals surface area contributed by atoms with Crippen molar-refractivity contribution in [3.63, 3.8) is 0 Å². The van der Waals surface area contributed by atoms with Gasteiger partial charge in [0.1, 0.15) is 11.5 Å². The molecule has 0 fully saturated rings. The number of primary amides is 1. The first-order chi connectivity index (χ1) is 11.5. The van der Waals surface area contributed by atoms with Crippen LogP contribution in [0.1, 0.15) is 15.9 Å². The number of nitrogens with one attached hydrogen (secondary N) is 1. The van der Waals surface area contributed by atoms with Crippen LogP contribution in [0.4, 0.5) is 5.69 Å². The molecule has 0 spiro atoms. The van der Waals surface area contributed by atoms with Gasteiger partial charge in [0.15, 0.2) is 0 Å². The second-order valence-electron chi connectivity index (χ2n) is 5.07. The number of nitrogens with two attached hydrogens (primary N) is 1. The summed E-state index contributed by atoms with van der Waals surface area (Å²) in [6.45, 7) is 0. The van der Waals surface area contributed by atoms with Crippen LogP contribution < -0.4 is 15.8 Å². The fourth-order valence-corrected chi connectivity index (χ4v) is 3.09. The lowest BCUT2D eigenvalue weighted by atomic mass is 10.1. The van der Waals surface area contributed by atoms with Crippen molar-refractivity contribution in [1.82, 2.24) is 0 Å². The van der Waals surface area contributed by atoms with E-state index in [2.05, 4.69) is 5.32 Å². The predicted octanol–water partition coefficient (Wildman–Crippen LogP) is 1.68. The number of benzene rings is 2. The van der Waals surface area contributed by atoms with Gasteiger partial charge in [-0.3, -0.25) is 13.8 Å². The molecule has 0 aliphatic heterocycles. The summed E-state index contributed by atoms with van der Waals surface area (Å²) >= 11 is 0. The molecule has 0 aliphatic rings. The van der Waals surface area contributed by atoms with E-state index < -0.39 is 16.7 Å². The van der Waals surface area contributed by atoms with Gasteiger partial charge in [-0.25, -0.2) is 0 Å². The summed E-state index contributed by atoms with van der Waals surface area (Å²) in [7, 11) is 0.168. The van der Waals surface area contributed by atoms with Crippen LogP contribution in [0.15, 0.2) is 48.5 Å². The number of methoxy groups -OCH3 is 1. The van der Waals surface area contributed by atoms with Gasteiger partial charge in [0.05, 0.1) is 7.11 Å². The number of hydrogen-bond acceptors (Lipinski definition) is 4. The zero-order valence-electron chi connectivity index (χ0n) is 13.2. The summed E-state index contributed by atoms with van der Waals surface area (Å²) in [6.07, 6.45) is 0. The molecule has 0 unspecified atom stereocenters. The van der Waals surface area contributed by atoms with Gasteiger partial charge in [0.2, 0.25) is 11.8 Å². The largest absolute Gasteiger partial charge is 0.497 e. The van der Waals surface area contributed by atoms with Crippen molar-refractivity contribution in [2.75, 3.05) is 18.2 Å². The first-order valence-corrected chi connectivity index (χ1v) is 8.64. The molecule has 24 heavy (non-hydrogen) atoms. The first kappa shape index (κ1) is 17.7. The van der Waals surface area contributed by atoms with Gasteiger partial charge in [-0.15, -0.1) is 0 Å². The van der Waals surface area contributed by atoms with Gasteiger partial charge in [0, 0.05) is 27.8 Å². The van der Waals surface area contributed by atoms with Crippen LogP contribution >= 0.6 is 0 Å². The molecule has 0 saturated heterocycles. The van der Waals surface area contributed by atoms with E-state index in [4.69, 9.17) is 10.5 Å². The second kappa shape index (κ2) is 8.26. The summed E-state index contributed by atoms with van der Waals surface area (Å²) in [5.74, 6) is -0.153. The van der Waals surface area contributed by atoms with E-state index in [0.717, 1.165) is 0 Å². The lowest BCUT2D eigenvalue weighted by Gasteiger charge is -2.07. The summed E-state index contributed by atoms with van der Waals surface area (Å²) in [5.41, 5.74) is 6.87. The molecule has 2 rings (SSSR count). The highest BCUT2D eigenvalue weighted by Gasteiger charge is 2.10. The Bertz CT molecular complexity index is 759. The second-order valence-corrected chi connectivity index (χ2v) is 6.53. The lowest BCUT2D eigenvalue weighted by molar-refractivity contribution is -0.113. The minimum absolute atomic E-state index is 0.132. The number of hydrogen-bond donors (Lipinski definition) is 2. The number of ether oxygens (including phenoxy) is 1. The van der Waals surface area contributed by atoms with Gasteiger partial charge >= 0.3 is 0 Å². The van der Waals surface area contributed by atoms with E-state index in [1.165, 1.54) is 0 Å². The summed E-state index contributed by atoms with van der Waals surface area (Å²) in [5, 5.41) is 2.68. The van der Waals surface area contributed by atoms with E-state index in [1.807, 2.05) is 0 Å². The van der Waals surface area contributed by atoms with Gasteiger partial charge in [-0.05, 0) is 42.0 Å². The summed E-state index contributed by atoms with van der Waals surface area (Å²) in [6, 6.07) is 13.4. The Morgan fingerprint density at radius 2 is 1.88 bits per heavy atom. The average molecular weight is 346 g/mol. The van der Waals surface area contributed by atoms with Crippen molar-refractivity contribution in [2.24, 2.45) is 5.73 Å². The van der Waals surface area contributed by atoms with Crippen LogP contribution in [0.5, 0.6) is 5.75 Å². The SMILES string of the molecule is COc1ccc(NC(=O)C[S@@](=O)Cc2cccc(C(N)=O)c2)cc1. The molecule has 1 atom stereocenters. The molecule has 2 aromatic carbocycles. The quantitative estimate of drug-likeness (QED) is 0.797. The Balaban J connectivity index is 1.90. The van der Waals surface area contributed by atoms with E-state index >= 15 is 0 Å². The zero-order valence-corrected chi connectivity index (χ0v) is 14.0. The molecule has 0 heterocycles. The smallest absolute Gasteiger partial charge is 0.248 e. The number of amides is 2. The van der Waals surface area contributed by atoms with Crippen molar-refractivity contribution in [3.05, 3.63) is 59.7 Å². The first-order valence-electron chi connectivity index (χ1n) is 7.15. The third-order valence-electron chi connectivity index (χ3n) is 3.21. The third kappa shape index (κ3) is 5.20. The molecular formula is C17H18N2O4S. The average Bonchev–Trinajstić information content (AvgIpc) is 2.55. The minimum Gasteiger partial charge on any atom is -0.497 e. The standard InChI is InChI=1S/C17H18N2O4S/c1-23-15-7-5-14(6-8-15)19-16(20)11-24(22)10-12-3-2-4-13(9-12)17(18)21/h2-9H,10-11H2,1H3,(H2,18,21)(H,19,20)/t24-/m0/s1. The summed E-state index contributed by atoms with van der Waals surface area (Å²) < 4.78 is 17.1. The minimum atomic E-state index is -1.39. The lowest BCUT2D eigenvalue weighted by Crippen LogP contribution is -2.20. The molecule has 126 valence electrons. The molecule has 6 nitrogen and oxygen atoms in total. The fraction of sp³-hybridized carbons (Fsp3) is 0.176. The Hall–Kier alpha value is -2.67. The van der Waals surface area contributed by atoms with Crippen LogP contribution in [0.25, 0.3) is 0 Å². The van der Waals surface area contributed by atoms with E-state index in [9.17, 15) is 13.8 Å². The van der Waals surface area contributed by atoms with Gasteiger partial charge < -0.3 is 15.8 Å². The molecular weight excluding hydrogens is 328 g/mol. The highest BCUT2D eigenvalue weighted by Crippen LogP contribution is 2.15. The third-order valence-corrected chi connectivity index (χ3v) is 4.44. The number of carbonyl (C=O) groups excluding carboxylic acids is 2. The predicted molar refractivity (Wildman–Crippen MR) is 93.3 cm³/mol. The van der Waals surface area contributed by atoms with E-state index in [-0.39, 0.29) is 17.4 Å². The van der Waals surface area contributed by atoms with E-state index in [0.29, 0.717) is 22.6 Å². The molecule has 0 bridgehead atoms. The maximum Gasteiger partial charge on any atom is 0.248 e. The van der Waals surface area contributed by atoms with Gasteiger partial charge in [-0.1, -0.05) is 12.1 Å². The van der Waals surface area contributed by atoms with Crippen LogP contribution in [-0.2, 0) is 21.3 Å². The molecule has 0 aliphatic carbocycles. The topological polar surface area (TPSA) is 98.5 Å². The normalized spacial score (nSPS) is 11.5. The van der Waals surface area contributed by atoms with Crippen LogP contribution in [0.2, 0.25) is 0 Å². The van der Waals surface area contributed by atoms with Crippen LogP contribution in [0, 0.1) is 0 Å². The summed E-state index contributed by atoms with van der Waals surface area (Å²) in [4.78, 5) is 23.1. The highest BCUT2D eigenvalue weighted by atomic mass is 32.2. The maximum absolute atomic E-state index is 12.1. The molecule has 7 heteroatoms. The van der Waals surface area contributed by atoms with Gasteiger partial charge in [0.25, 0.3) is 0 Å². The molecule has 0 aromatic heterocycles. The number of rotatable bonds is 7. The monoisotopic (exact) mass is 346 g/mol. The Morgan fingerprint density at radius 3 is 2.50 bits per heavy atom. The molecule has 0 radical (unpaired) electrons. The fourth-order valence-electron chi connectivity index (χ4n) is 2.07. The number of anilines is 1. The van der Waals surface area contributed by atoms with Crippen molar-refractivity contribution in [1.29, 1.82) is 0 Å². The van der Waals surface area contributed by atoms with Crippen LogP contribution in [-0.4, -0.2) is 28.9 Å². The molecule has 2 amide bonds. The molecule has 3 N–H and O–H groups in total. The van der Waals surface area contributed by atoms with Crippen molar-refractivity contribution >= 4 is 28.3 Å². The molecule has 0 saturated carbocycles. The van der Waals surface area contributed by atoms with E-state index in [1.54, 1.807) is 55.6 Å². The Kier molecular flexibility index (Phi) is 6.08. The van der Waals surface area contributed by atoms with Gasteiger partial charge in [-0.2, -0.15) is 0 Å². The zero-order chi connectivity index (χ0) is 17.5. The van der Waals surface area contributed by atoms with Crippen molar-refractivity contribution in [3.8, 4) is 5.75 Å². The Morgan fingerprint density at radius 1 is 1.17 bits per heavy atom.